The molecule has 0 unspecified atom stereocenters. The molecule has 174 valence electrons. The molecule has 0 amide bonds. The van der Waals surface area contributed by atoms with Gasteiger partial charge < -0.3 is 17.5 Å². The average Bonchev–Trinajstić information content (AvgIpc) is 2.79. The van der Waals surface area contributed by atoms with Crippen molar-refractivity contribution in [3.05, 3.63) is 88.2 Å². The lowest BCUT2D eigenvalue weighted by Crippen LogP contribution is -2.43. The standard InChI is InChI=1S/C23H18Cl2N4O3S2/c1-28(2)18-9-11-29(12-10-18)23(19(14-26)22(30)15-3-5-16(24)6-4-15)27-34(31,32)21-8-7-17(25)13-20(21)33/h3-13H,1-2H3,(H-,27,30,33). The molecule has 7 nitrogen and oxygen atoms in total. The molecule has 3 aromatic rings. The predicted molar refractivity (Wildman–Crippen MR) is 133 cm³/mol. The summed E-state index contributed by atoms with van der Waals surface area (Å²) < 4.78 is 30.2. The largest absolute Gasteiger partial charge is 0.778 e. The molecule has 0 radical (unpaired) electrons. The van der Waals surface area contributed by atoms with Crippen molar-refractivity contribution >= 4 is 63.1 Å². The van der Waals surface area contributed by atoms with E-state index in [-0.39, 0.29) is 26.2 Å². The Kier molecular flexibility index (Phi) is 7.79. The molecule has 0 bridgehead atoms. The predicted octanol–water partition coefficient (Wildman–Crippen LogP) is 3.81. The van der Waals surface area contributed by atoms with Crippen molar-refractivity contribution in [2.24, 2.45) is 0 Å². The summed E-state index contributed by atoms with van der Waals surface area (Å²) in [6.07, 6.45) is 3.08. The molecular weight excluding hydrogens is 515 g/mol. The second kappa shape index (κ2) is 10.4. The second-order valence-electron chi connectivity index (χ2n) is 7.23. The first-order chi connectivity index (χ1) is 16.0. The highest BCUT2D eigenvalue weighted by Crippen LogP contribution is 2.22. The summed E-state index contributed by atoms with van der Waals surface area (Å²) in [5.74, 6) is -0.937. The fourth-order valence-corrected chi connectivity index (χ4v) is 4.97. The van der Waals surface area contributed by atoms with Crippen LogP contribution in [0.1, 0.15) is 10.4 Å². The van der Waals surface area contributed by atoms with Crippen molar-refractivity contribution in [2.75, 3.05) is 19.0 Å². The minimum Gasteiger partial charge on any atom is -0.778 e. The summed E-state index contributed by atoms with van der Waals surface area (Å²) in [7, 11) is -0.600. The summed E-state index contributed by atoms with van der Waals surface area (Å²) in [6, 6.07) is 15.1. The number of carbonyl (C=O) groups excluding carboxylic acids is 1. The molecule has 0 saturated heterocycles. The number of aromatic nitrogens is 1. The van der Waals surface area contributed by atoms with Crippen LogP contribution < -0.4 is 14.2 Å². The van der Waals surface area contributed by atoms with Gasteiger partial charge in [-0.1, -0.05) is 29.3 Å². The minimum atomic E-state index is -4.29. The number of ketones is 1. The Hall–Kier alpha value is -3.16. The Bertz CT molecular complexity index is 1410. The normalized spacial score (nSPS) is 11.9. The van der Waals surface area contributed by atoms with Gasteiger partial charge in [-0.2, -0.15) is 23.3 Å². The van der Waals surface area contributed by atoms with Crippen LogP contribution in [-0.2, 0) is 22.7 Å². The van der Waals surface area contributed by atoms with Gasteiger partial charge in [-0.05, 0) is 36.4 Å². The van der Waals surface area contributed by atoms with E-state index < -0.39 is 21.4 Å². The number of carbonyl (C=O) groups is 1. The zero-order valence-corrected chi connectivity index (χ0v) is 21.1. The van der Waals surface area contributed by atoms with E-state index in [4.69, 9.17) is 35.8 Å². The van der Waals surface area contributed by atoms with Crippen molar-refractivity contribution < 1.29 is 17.8 Å². The quantitative estimate of drug-likeness (QED) is 0.163. The van der Waals surface area contributed by atoms with Gasteiger partial charge in [-0.15, -0.1) is 0 Å². The Morgan fingerprint density at radius 1 is 1.03 bits per heavy atom. The molecular formula is C23H18Cl2N4O3S2. The average molecular weight is 533 g/mol. The van der Waals surface area contributed by atoms with E-state index in [1.54, 1.807) is 12.1 Å². The summed E-state index contributed by atoms with van der Waals surface area (Å²) in [6.45, 7) is 0. The summed E-state index contributed by atoms with van der Waals surface area (Å²) in [4.78, 5) is 14.8. The number of nitriles is 1. The third-order valence-electron chi connectivity index (χ3n) is 4.69. The van der Waals surface area contributed by atoms with Crippen LogP contribution in [0, 0.1) is 11.3 Å². The number of halogens is 2. The maximum atomic E-state index is 13.2. The second-order valence-corrected chi connectivity index (χ2v) is 10.2. The van der Waals surface area contributed by atoms with Crippen LogP contribution >= 0.6 is 23.2 Å². The SMILES string of the molecule is CN(C)c1cc[n+](/C(NS(=O)(=O)c2ccc(Cl)cc2[S-])=C(\C#N)C(=O)c2ccc(Cl)cc2)cc1. The van der Waals surface area contributed by atoms with Crippen LogP contribution in [0.4, 0.5) is 5.69 Å². The first-order valence-electron chi connectivity index (χ1n) is 9.66. The van der Waals surface area contributed by atoms with Gasteiger partial charge in [-0.3, -0.25) is 4.79 Å². The number of hydrogen-bond donors (Lipinski definition) is 1. The highest BCUT2D eigenvalue weighted by Gasteiger charge is 2.30. The fourth-order valence-electron chi connectivity index (χ4n) is 2.94. The van der Waals surface area contributed by atoms with E-state index in [1.807, 2.05) is 25.1 Å². The zero-order valence-electron chi connectivity index (χ0n) is 18.0. The van der Waals surface area contributed by atoms with Crippen LogP contribution in [0.15, 0.2) is 82.4 Å². The van der Waals surface area contributed by atoms with E-state index >= 15 is 0 Å². The highest BCUT2D eigenvalue weighted by molar-refractivity contribution is 7.90. The van der Waals surface area contributed by atoms with Crippen LogP contribution in [0.3, 0.4) is 0 Å². The molecule has 0 aliphatic heterocycles. The molecule has 0 aliphatic rings. The lowest BCUT2D eigenvalue weighted by Gasteiger charge is -2.15. The number of anilines is 1. The Labute approximate surface area is 213 Å². The van der Waals surface area contributed by atoms with Crippen molar-refractivity contribution in [1.29, 1.82) is 5.26 Å². The number of rotatable bonds is 7. The van der Waals surface area contributed by atoms with E-state index in [0.29, 0.717) is 5.02 Å². The summed E-state index contributed by atoms with van der Waals surface area (Å²) >= 11 is 17.0. The minimum absolute atomic E-state index is 0.00478. The van der Waals surface area contributed by atoms with E-state index in [2.05, 4.69) is 4.72 Å². The number of hydrogen-bond acceptors (Lipinski definition) is 6. The first kappa shape index (κ1) is 25.5. The molecule has 1 aromatic heterocycles. The van der Waals surface area contributed by atoms with Gasteiger partial charge in [0.05, 0.1) is 17.3 Å². The lowest BCUT2D eigenvalue weighted by molar-refractivity contribution is -0.584. The number of Topliss-reactive ketones (excluding diaryl/α,β-unsaturated/α-hetero) is 1. The zero-order chi connectivity index (χ0) is 25.0. The Morgan fingerprint density at radius 2 is 1.62 bits per heavy atom. The molecule has 1 N–H and O–H groups in total. The number of pyridine rings is 1. The molecule has 11 heteroatoms. The number of nitrogens with one attached hydrogen (secondary N) is 1. The molecule has 0 atom stereocenters. The van der Waals surface area contributed by atoms with Crippen LogP contribution in [0.5, 0.6) is 0 Å². The first-order valence-corrected chi connectivity index (χ1v) is 12.3. The maximum Gasteiger partial charge on any atom is 0.327 e. The molecule has 0 saturated carbocycles. The van der Waals surface area contributed by atoms with E-state index in [1.165, 1.54) is 59.4 Å². The highest BCUT2D eigenvalue weighted by atomic mass is 35.5. The third-order valence-corrected chi connectivity index (χ3v) is 7.05. The number of benzene rings is 2. The monoisotopic (exact) mass is 532 g/mol. The number of sulfonamides is 1. The van der Waals surface area contributed by atoms with Crippen molar-refractivity contribution in [1.82, 2.24) is 4.72 Å². The fraction of sp³-hybridized carbons (Fsp3) is 0.0870. The van der Waals surface area contributed by atoms with Gasteiger partial charge in [0.15, 0.2) is 5.57 Å². The van der Waals surface area contributed by atoms with Crippen molar-refractivity contribution in [3.8, 4) is 6.07 Å². The van der Waals surface area contributed by atoms with Gasteiger partial charge in [0.2, 0.25) is 5.78 Å². The third kappa shape index (κ3) is 5.66. The van der Waals surface area contributed by atoms with E-state index in [9.17, 15) is 18.5 Å². The van der Waals surface area contributed by atoms with Crippen LogP contribution in [0.2, 0.25) is 10.0 Å². The molecule has 3 rings (SSSR count). The van der Waals surface area contributed by atoms with E-state index in [0.717, 1.165) is 5.69 Å². The summed E-state index contributed by atoms with van der Waals surface area (Å²) in [5.41, 5.74) is 0.568. The number of nitrogens with zero attached hydrogens (tertiary/aromatic N) is 3. The smallest absolute Gasteiger partial charge is 0.327 e. The molecule has 0 spiro atoms. The topological polar surface area (TPSA) is 94.2 Å². The summed E-state index contributed by atoms with van der Waals surface area (Å²) in [5, 5.41) is 10.6. The van der Waals surface area contributed by atoms with Crippen molar-refractivity contribution in [3.63, 3.8) is 0 Å². The number of allylic oxidation sites excluding steroid dienone is 1. The van der Waals surface area contributed by atoms with Gasteiger partial charge >= 0.3 is 15.8 Å². The molecule has 34 heavy (non-hydrogen) atoms. The van der Waals surface area contributed by atoms with Crippen LogP contribution in [0.25, 0.3) is 5.82 Å². The van der Waals surface area contributed by atoms with Gasteiger partial charge in [0.25, 0.3) is 0 Å². The lowest BCUT2D eigenvalue weighted by atomic mass is 10.0. The van der Waals surface area contributed by atoms with Crippen LogP contribution in [-0.4, -0.2) is 28.3 Å². The van der Waals surface area contributed by atoms with Crippen molar-refractivity contribution in [2.45, 2.75) is 9.79 Å². The molecule has 0 fully saturated rings. The molecule has 1 heterocycles. The van der Waals surface area contributed by atoms with Gasteiger partial charge in [0.1, 0.15) is 6.07 Å². The molecule has 2 aromatic carbocycles. The Balaban J connectivity index is 2.19. The van der Waals surface area contributed by atoms with Gasteiger partial charge in [0, 0.05) is 47.5 Å². The maximum absolute atomic E-state index is 13.2. The Morgan fingerprint density at radius 3 is 2.15 bits per heavy atom. The van der Waals surface area contributed by atoms with Gasteiger partial charge in [-0.25, -0.2) is 4.57 Å². The molecule has 0 aliphatic carbocycles.